The van der Waals surface area contributed by atoms with Crippen LogP contribution in [0.1, 0.15) is 26.7 Å². The molecule has 1 aliphatic heterocycles. The molecule has 19 heavy (non-hydrogen) atoms. The van der Waals surface area contributed by atoms with E-state index in [0.29, 0.717) is 39.6 Å². The van der Waals surface area contributed by atoms with Crippen LogP contribution < -0.4 is 5.32 Å². The van der Waals surface area contributed by atoms with Crippen LogP contribution in [-0.4, -0.2) is 51.5 Å². The Kier molecular flexibility index (Phi) is 6.80. The summed E-state index contributed by atoms with van der Waals surface area (Å²) in [6, 6.07) is 0. The Balaban J connectivity index is 1.97. The van der Waals surface area contributed by atoms with Crippen molar-refractivity contribution >= 4 is 11.9 Å². The first-order valence-electron chi connectivity index (χ1n) is 6.63. The van der Waals surface area contributed by atoms with Crippen molar-refractivity contribution in [1.29, 1.82) is 0 Å². The minimum absolute atomic E-state index is 0.0297. The van der Waals surface area contributed by atoms with Crippen LogP contribution in [0, 0.1) is 5.41 Å². The van der Waals surface area contributed by atoms with Crippen molar-refractivity contribution in [2.24, 2.45) is 5.41 Å². The van der Waals surface area contributed by atoms with Gasteiger partial charge in [0, 0.05) is 13.5 Å². The van der Waals surface area contributed by atoms with Gasteiger partial charge in [0.1, 0.15) is 6.61 Å². The van der Waals surface area contributed by atoms with Crippen molar-refractivity contribution in [2.75, 3.05) is 39.6 Å². The van der Waals surface area contributed by atoms with Gasteiger partial charge in [-0.1, -0.05) is 6.92 Å². The average molecular weight is 273 g/mol. The Labute approximate surface area is 113 Å². The number of rotatable bonds is 9. The number of carbonyl (C=O) groups is 2. The largest absolute Gasteiger partial charge is 0.465 e. The molecule has 110 valence electrons. The van der Waals surface area contributed by atoms with E-state index >= 15 is 0 Å². The molecule has 0 bridgehead atoms. The molecular formula is C13H23NO5. The molecule has 1 fully saturated rings. The van der Waals surface area contributed by atoms with E-state index in [9.17, 15) is 9.59 Å². The first-order chi connectivity index (χ1) is 9.08. The van der Waals surface area contributed by atoms with Crippen LogP contribution >= 0.6 is 0 Å². The first kappa shape index (κ1) is 15.9. The van der Waals surface area contributed by atoms with Crippen LogP contribution in [0.3, 0.4) is 0 Å². The van der Waals surface area contributed by atoms with E-state index in [0.717, 1.165) is 6.42 Å². The summed E-state index contributed by atoms with van der Waals surface area (Å²) < 4.78 is 15.6. The van der Waals surface area contributed by atoms with Crippen molar-refractivity contribution < 1.29 is 23.8 Å². The molecule has 0 aromatic rings. The fourth-order valence-electron chi connectivity index (χ4n) is 1.64. The predicted molar refractivity (Wildman–Crippen MR) is 68.6 cm³/mol. The van der Waals surface area contributed by atoms with Gasteiger partial charge in [-0.05, 0) is 6.42 Å². The number of ether oxygens (including phenoxy) is 3. The molecule has 1 N–H and O–H groups in total. The van der Waals surface area contributed by atoms with Crippen molar-refractivity contribution in [3.05, 3.63) is 0 Å². The molecule has 1 aliphatic rings. The third-order valence-corrected chi connectivity index (χ3v) is 3.18. The summed E-state index contributed by atoms with van der Waals surface area (Å²) in [6.45, 7) is 6.46. The Bertz CT molecular complexity index is 296. The summed E-state index contributed by atoms with van der Waals surface area (Å²) in [5.74, 6) is -0.338. The summed E-state index contributed by atoms with van der Waals surface area (Å²) >= 11 is 0. The molecule has 1 saturated heterocycles. The third kappa shape index (κ3) is 6.02. The molecule has 0 unspecified atom stereocenters. The molecule has 1 amide bonds. The van der Waals surface area contributed by atoms with Crippen LogP contribution in [0.4, 0.5) is 0 Å². The maximum Gasteiger partial charge on any atom is 0.308 e. The van der Waals surface area contributed by atoms with Gasteiger partial charge in [-0.15, -0.1) is 0 Å². The first-order valence-corrected chi connectivity index (χ1v) is 6.63. The highest BCUT2D eigenvalue weighted by molar-refractivity contribution is 5.72. The van der Waals surface area contributed by atoms with Gasteiger partial charge in [-0.25, -0.2) is 0 Å². The summed E-state index contributed by atoms with van der Waals surface area (Å²) in [7, 11) is 0. The predicted octanol–water partition coefficient (Wildman–Crippen LogP) is 0.499. The molecule has 0 aromatic carbocycles. The molecular weight excluding hydrogens is 250 g/mol. The van der Waals surface area contributed by atoms with E-state index in [1.54, 1.807) is 0 Å². The summed E-state index contributed by atoms with van der Waals surface area (Å²) in [5, 5.41) is 2.61. The van der Waals surface area contributed by atoms with Gasteiger partial charge in [0.05, 0.1) is 38.3 Å². The van der Waals surface area contributed by atoms with Gasteiger partial charge in [-0.3, -0.25) is 9.59 Å². The second-order valence-corrected chi connectivity index (χ2v) is 4.85. The highest BCUT2D eigenvalue weighted by atomic mass is 16.5. The standard InChI is InChI=1S/C13H23NO5/c1-3-13(8-18-9-13)10-19-12(16)4-6-17-7-5-14-11(2)15/h3-10H2,1-2H3,(H,14,15). The van der Waals surface area contributed by atoms with E-state index in [-0.39, 0.29) is 23.7 Å². The average Bonchev–Trinajstić information content (AvgIpc) is 2.32. The van der Waals surface area contributed by atoms with Crippen molar-refractivity contribution in [3.8, 4) is 0 Å². The Morgan fingerprint density at radius 2 is 2.05 bits per heavy atom. The van der Waals surface area contributed by atoms with E-state index in [1.165, 1.54) is 6.92 Å². The topological polar surface area (TPSA) is 73.9 Å². The number of hydrogen-bond donors (Lipinski definition) is 1. The van der Waals surface area contributed by atoms with Gasteiger partial charge < -0.3 is 19.5 Å². The lowest BCUT2D eigenvalue weighted by atomic mass is 9.84. The second-order valence-electron chi connectivity index (χ2n) is 4.85. The molecule has 6 nitrogen and oxygen atoms in total. The second kappa shape index (κ2) is 8.12. The van der Waals surface area contributed by atoms with E-state index in [2.05, 4.69) is 12.2 Å². The fourth-order valence-corrected chi connectivity index (χ4v) is 1.64. The molecule has 0 saturated carbocycles. The monoisotopic (exact) mass is 273 g/mol. The lowest BCUT2D eigenvalue weighted by Crippen LogP contribution is -2.46. The van der Waals surface area contributed by atoms with Gasteiger partial charge in [0.25, 0.3) is 0 Å². The summed E-state index contributed by atoms with van der Waals surface area (Å²) in [6.07, 6.45) is 1.19. The molecule has 1 rings (SSSR count). The van der Waals surface area contributed by atoms with Gasteiger partial charge in [0.2, 0.25) is 5.91 Å². The van der Waals surface area contributed by atoms with Crippen LogP contribution in [0.15, 0.2) is 0 Å². The minimum Gasteiger partial charge on any atom is -0.465 e. The maximum atomic E-state index is 11.5. The SMILES string of the molecule is CCC1(COC(=O)CCOCCNC(C)=O)COC1. The van der Waals surface area contributed by atoms with Crippen LogP contribution in [0.5, 0.6) is 0 Å². The highest BCUT2D eigenvalue weighted by Gasteiger charge is 2.38. The summed E-state index contributed by atoms with van der Waals surface area (Å²) in [5.41, 5.74) is 0.0297. The van der Waals surface area contributed by atoms with E-state index < -0.39 is 0 Å². The number of amides is 1. The lowest BCUT2D eigenvalue weighted by Gasteiger charge is -2.39. The molecule has 0 atom stereocenters. The fraction of sp³-hybridized carbons (Fsp3) is 0.846. The van der Waals surface area contributed by atoms with Crippen molar-refractivity contribution in [3.63, 3.8) is 0 Å². The molecule has 0 aromatic heterocycles. The zero-order valence-electron chi connectivity index (χ0n) is 11.7. The quantitative estimate of drug-likeness (QED) is 0.489. The third-order valence-electron chi connectivity index (χ3n) is 3.18. The summed E-state index contributed by atoms with van der Waals surface area (Å²) in [4.78, 5) is 22.0. The van der Waals surface area contributed by atoms with Gasteiger partial charge in [-0.2, -0.15) is 0 Å². The number of carbonyl (C=O) groups excluding carboxylic acids is 2. The van der Waals surface area contributed by atoms with Gasteiger partial charge in [0.15, 0.2) is 0 Å². The Morgan fingerprint density at radius 1 is 1.32 bits per heavy atom. The number of nitrogens with one attached hydrogen (secondary N) is 1. The molecule has 1 heterocycles. The molecule has 0 aliphatic carbocycles. The maximum absolute atomic E-state index is 11.5. The number of hydrogen-bond acceptors (Lipinski definition) is 5. The zero-order chi connectivity index (χ0) is 14.1. The Hall–Kier alpha value is -1.14. The van der Waals surface area contributed by atoms with Crippen LogP contribution in [-0.2, 0) is 23.8 Å². The molecule has 6 heteroatoms. The normalized spacial score (nSPS) is 16.5. The minimum atomic E-state index is -0.251. The number of esters is 1. The van der Waals surface area contributed by atoms with Crippen molar-refractivity contribution in [1.82, 2.24) is 5.32 Å². The molecule has 0 spiro atoms. The highest BCUT2D eigenvalue weighted by Crippen LogP contribution is 2.31. The molecule has 0 radical (unpaired) electrons. The van der Waals surface area contributed by atoms with Gasteiger partial charge >= 0.3 is 5.97 Å². The smallest absolute Gasteiger partial charge is 0.308 e. The van der Waals surface area contributed by atoms with E-state index in [4.69, 9.17) is 14.2 Å². The Morgan fingerprint density at radius 3 is 2.58 bits per heavy atom. The van der Waals surface area contributed by atoms with E-state index in [1.807, 2.05) is 0 Å². The van der Waals surface area contributed by atoms with Crippen LogP contribution in [0.25, 0.3) is 0 Å². The van der Waals surface area contributed by atoms with Crippen molar-refractivity contribution in [2.45, 2.75) is 26.7 Å². The zero-order valence-corrected chi connectivity index (χ0v) is 11.7. The lowest BCUT2D eigenvalue weighted by molar-refractivity contribution is -0.171. The van der Waals surface area contributed by atoms with Crippen LogP contribution in [0.2, 0.25) is 0 Å².